The lowest BCUT2D eigenvalue weighted by Crippen LogP contribution is -2.26. The topological polar surface area (TPSA) is 100 Å². The highest BCUT2D eigenvalue weighted by Crippen LogP contribution is 2.30. The van der Waals surface area contributed by atoms with Crippen molar-refractivity contribution < 1.29 is 34.8 Å². The molecule has 0 saturated carbocycles. The van der Waals surface area contributed by atoms with Gasteiger partial charge >= 0.3 is 12.1 Å². The van der Waals surface area contributed by atoms with Gasteiger partial charge in [0.2, 0.25) is 5.91 Å². The lowest BCUT2D eigenvalue weighted by atomic mass is 10.1. The van der Waals surface area contributed by atoms with Crippen LogP contribution in [0.5, 0.6) is 11.5 Å². The predicted molar refractivity (Wildman–Crippen MR) is 150 cm³/mol. The lowest BCUT2D eigenvalue weighted by Gasteiger charge is -2.15. The summed E-state index contributed by atoms with van der Waals surface area (Å²) >= 11 is 0. The van der Waals surface area contributed by atoms with Crippen LogP contribution in [0, 0.1) is 0 Å². The average Bonchev–Trinajstić information content (AvgIpc) is 2.96. The third-order valence-corrected chi connectivity index (χ3v) is 5.23. The molecule has 208 valence electrons. The summed E-state index contributed by atoms with van der Waals surface area (Å²) in [6.07, 6.45) is -0.806. The van der Waals surface area contributed by atoms with Crippen molar-refractivity contribution in [3.8, 4) is 11.5 Å². The van der Waals surface area contributed by atoms with E-state index >= 15 is 0 Å². The zero-order valence-corrected chi connectivity index (χ0v) is 22.2. The van der Waals surface area contributed by atoms with Crippen molar-refractivity contribution >= 4 is 18.0 Å². The van der Waals surface area contributed by atoms with Crippen LogP contribution in [0.1, 0.15) is 37.9 Å². The maximum absolute atomic E-state index is 12.1. The molecule has 3 aromatic rings. The van der Waals surface area contributed by atoms with Gasteiger partial charge in [-0.1, -0.05) is 66.7 Å². The first-order valence-corrected chi connectivity index (χ1v) is 12.6. The van der Waals surface area contributed by atoms with E-state index < -0.39 is 12.1 Å². The predicted octanol–water partition coefficient (Wildman–Crippen LogP) is 6.03. The van der Waals surface area contributed by atoms with Gasteiger partial charge in [0.25, 0.3) is 0 Å². The molecule has 0 fully saturated rings. The minimum absolute atomic E-state index is 0. The van der Waals surface area contributed by atoms with E-state index in [-0.39, 0.29) is 26.8 Å². The van der Waals surface area contributed by atoms with E-state index in [0.717, 1.165) is 16.7 Å². The summed E-state index contributed by atoms with van der Waals surface area (Å²) in [6.45, 7) is 8.88. The van der Waals surface area contributed by atoms with Gasteiger partial charge in [0.05, 0.1) is 13.0 Å². The average molecular weight is 536 g/mol. The summed E-state index contributed by atoms with van der Waals surface area (Å²) in [5.74, 6) is 0.127. The lowest BCUT2D eigenvalue weighted by molar-refractivity contribution is -0.141. The second-order valence-corrected chi connectivity index (χ2v) is 8.09. The molecule has 0 aliphatic carbocycles. The van der Waals surface area contributed by atoms with E-state index in [2.05, 4.69) is 27.9 Å². The zero-order chi connectivity index (χ0) is 28.3. The molecule has 0 unspecified atom stereocenters. The summed E-state index contributed by atoms with van der Waals surface area (Å²) in [6, 6.07) is 25.4. The van der Waals surface area contributed by atoms with Gasteiger partial charge < -0.3 is 24.3 Å². The van der Waals surface area contributed by atoms with Crippen LogP contribution in [0.4, 0.5) is 4.79 Å². The van der Waals surface area contributed by atoms with Gasteiger partial charge in [0.1, 0.15) is 13.2 Å². The van der Waals surface area contributed by atoms with E-state index in [0.29, 0.717) is 37.7 Å². The highest BCUT2D eigenvalue weighted by Gasteiger charge is 2.13. The van der Waals surface area contributed by atoms with Crippen molar-refractivity contribution in [1.82, 2.24) is 5.32 Å². The highest BCUT2D eigenvalue weighted by atomic mass is 16.7. The molecule has 1 amide bonds. The summed E-state index contributed by atoms with van der Waals surface area (Å²) < 4.78 is 21.1. The number of amides is 1. The maximum atomic E-state index is 12.1. The minimum Gasteiger partial charge on any atom is -0.485 e. The van der Waals surface area contributed by atoms with Crippen LogP contribution in [0.25, 0.3) is 0 Å². The van der Waals surface area contributed by atoms with Gasteiger partial charge in [-0.3, -0.25) is 9.59 Å². The maximum Gasteiger partial charge on any atom is 0.516 e. The van der Waals surface area contributed by atoms with Gasteiger partial charge in [-0.25, -0.2) is 4.79 Å². The van der Waals surface area contributed by atoms with Crippen molar-refractivity contribution in [2.75, 3.05) is 13.2 Å². The Balaban J connectivity index is 0.00000261. The van der Waals surface area contributed by atoms with E-state index in [1.54, 1.807) is 6.92 Å². The number of esters is 1. The fraction of sp³-hybridized carbons (Fsp3) is 0.258. The Morgan fingerprint density at radius 3 is 1.95 bits per heavy atom. The quantitative estimate of drug-likeness (QED) is 0.162. The van der Waals surface area contributed by atoms with Crippen LogP contribution in [0.15, 0.2) is 92.0 Å². The summed E-state index contributed by atoms with van der Waals surface area (Å²) in [5.41, 5.74) is 3.04. The van der Waals surface area contributed by atoms with Crippen LogP contribution >= 0.6 is 0 Å². The number of nitrogens with one attached hydrogen (secondary N) is 1. The molecular formula is C31H37NO7. The number of hydrogen-bond acceptors (Lipinski definition) is 7. The van der Waals surface area contributed by atoms with Crippen LogP contribution in [-0.2, 0) is 38.7 Å². The van der Waals surface area contributed by atoms with Gasteiger partial charge in [-0.15, -0.1) is 13.2 Å². The summed E-state index contributed by atoms with van der Waals surface area (Å²) in [5, 5.41) is 2.77. The van der Waals surface area contributed by atoms with Crippen molar-refractivity contribution in [2.45, 2.75) is 39.4 Å². The Labute approximate surface area is 231 Å². The number of carbonyl (C=O) groups excluding carboxylic acids is 3. The second-order valence-electron chi connectivity index (χ2n) is 8.09. The van der Waals surface area contributed by atoms with Crippen LogP contribution < -0.4 is 14.8 Å². The van der Waals surface area contributed by atoms with Gasteiger partial charge in [-0.2, -0.15) is 0 Å². The number of rotatable bonds is 13. The Morgan fingerprint density at radius 2 is 1.36 bits per heavy atom. The Morgan fingerprint density at radius 1 is 0.769 bits per heavy atom. The Bertz CT molecular complexity index is 1170. The van der Waals surface area contributed by atoms with E-state index in [9.17, 15) is 14.4 Å². The first-order valence-electron chi connectivity index (χ1n) is 12.6. The van der Waals surface area contributed by atoms with Crippen LogP contribution in [-0.4, -0.2) is 31.2 Å². The first-order chi connectivity index (χ1) is 19.0. The number of benzene rings is 3. The van der Waals surface area contributed by atoms with Gasteiger partial charge in [0, 0.05) is 14.4 Å². The molecule has 0 aliphatic rings. The largest absolute Gasteiger partial charge is 0.516 e. The molecule has 0 spiro atoms. The molecule has 0 saturated heterocycles. The molecule has 3 rings (SSSR count). The normalized spacial score (nSPS) is 9.87. The number of ether oxygens (including phenoxy) is 4. The highest BCUT2D eigenvalue weighted by molar-refractivity contribution is 5.85. The fourth-order valence-corrected chi connectivity index (χ4v) is 3.35. The van der Waals surface area contributed by atoms with Gasteiger partial charge in [0.15, 0.2) is 11.5 Å². The van der Waals surface area contributed by atoms with E-state index in [1.165, 1.54) is 0 Å². The van der Waals surface area contributed by atoms with E-state index in [1.807, 2.05) is 78.9 Å². The molecule has 8 nitrogen and oxygen atoms in total. The molecule has 39 heavy (non-hydrogen) atoms. The summed E-state index contributed by atoms with van der Waals surface area (Å²) in [4.78, 5) is 34.8. The van der Waals surface area contributed by atoms with Crippen molar-refractivity contribution in [1.29, 1.82) is 0 Å². The molecular weight excluding hydrogens is 498 g/mol. The zero-order valence-electron chi connectivity index (χ0n) is 22.2. The standard InChI is InChI=1S/C29H31NO7.C2H4.H2/c1-2-34-29(33)37-28(32)16-15-27(31)30-18-17-22-13-14-25(35-20-23-9-5-3-6-10-23)26(19-22)36-21-24-11-7-4-8-12-24;1-2;/h3-14,19H,2,15-18,20-21H2,1H3,(H,30,31);1-2H2;1H. The number of carbonyl (C=O) groups is 3. The van der Waals surface area contributed by atoms with Crippen molar-refractivity contribution in [2.24, 2.45) is 0 Å². The molecule has 0 aromatic heterocycles. The smallest absolute Gasteiger partial charge is 0.485 e. The van der Waals surface area contributed by atoms with Crippen molar-refractivity contribution in [3.63, 3.8) is 0 Å². The molecule has 0 atom stereocenters. The third-order valence-electron chi connectivity index (χ3n) is 5.23. The minimum atomic E-state index is -1.06. The first kappa shape index (κ1) is 30.6. The van der Waals surface area contributed by atoms with E-state index in [4.69, 9.17) is 9.47 Å². The van der Waals surface area contributed by atoms with Crippen LogP contribution in [0.2, 0.25) is 0 Å². The monoisotopic (exact) mass is 535 g/mol. The van der Waals surface area contributed by atoms with Crippen molar-refractivity contribution in [3.05, 3.63) is 109 Å². The molecule has 1 N–H and O–H groups in total. The SMILES string of the molecule is C=C.CCOC(=O)OC(=O)CCC(=O)NCCc1ccc(OCc2ccccc2)c(OCc2ccccc2)c1.[HH]. The number of hydrogen-bond donors (Lipinski definition) is 1. The second kappa shape index (κ2) is 17.8. The fourth-order valence-electron chi connectivity index (χ4n) is 3.35. The Hall–Kier alpha value is -4.59. The third kappa shape index (κ3) is 12.0. The molecule has 3 aromatic carbocycles. The molecule has 8 heteroatoms. The molecule has 0 aliphatic heterocycles. The van der Waals surface area contributed by atoms with Crippen LogP contribution in [0.3, 0.4) is 0 Å². The Kier molecular flexibility index (Phi) is 14.0. The summed E-state index contributed by atoms with van der Waals surface area (Å²) in [7, 11) is 0. The molecule has 0 heterocycles. The molecule has 0 radical (unpaired) electrons. The van der Waals surface area contributed by atoms with Gasteiger partial charge in [-0.05, 0) is 42.2 Å². The molecule has 0 bridgehead atoms.